The lowest BCUT2D eigenvalue weighted by atomic mass is 10.2. The van der Waals surface area contributed by atoms with Gasteiger partial charge in [0.05, 0.1) is 16.8 Å². The largest absolute Gasteiger partial charge is 0.491 e. The first kappa shape index (κ1) is 18.6. The van der Waals surface area contributed by atoms with E-state index in [0.717, 1.165) is 0 Å². The third-order valence-electron chi connectivity index (χ3n) is 2.99. The molecule has 1 amide bonds. The molecule has 0 fully saturated rings. The highest BCUT2D eigenvalue weighted by atomic mass is 79.9. The first-order valence-corrected chi connectivity index (χ1v) is 8.72. The van der Waals surface area contributed by atoms with Gasteiger partial charge in [-0.15, -0.1) is 0 Å². The van der Waals surface area contributed by atoms with Crippen LogP contribution in [0.15, 0.2) is 46.9 Å². The molecule has 2 aromatic rings. The second-order valence-corrected chi connectivity index (χ2v) is 6.90. The monoisotopic (exact) mass is 411 g/mol. The van der Waals surface area contributed by atoms with E-state index in [-0.39, 0.29) is 12.5 Å². The second-order valence-electron chi connectivity index (χ2n) is 5.61. The van der Waals surface area contributed by atoms with Crippen LogP contribution >= 0.6 is 27.5 Å². The van der Waals surface area contributed by atoms with E-state index in [9.17, 15) is 4.79 Å². The van der Waals surface area contributed by atoms with Crippen molar-refractivity contribution in [3.05, 3.63) is 52.0 Å². The number of halogens is 2. The van der Waals surface area contributed by atoms with Crippen molar-refractivity contribution in [1.82, 2.24) is 0 Å². The molecule has 0 aliphatic carbocycles. The molecule has 0 aliphatic rings. The number of rotatable bonds is 7. The Labute approximate surface area is 155 Å². The molecule has 2 aromatic carbocycles. The van der Waals surface area contributed by atoms with Gasteiger partial charge >= 0.3 is 0 Å². The van der Waals surface area contributed by atoms with E-state index < -0.39 is 0 Å². The number of hydrogen-bond donors (Lipinski definition) is 1. The number of nitrogens with one attached hydrogen (secondary N) is 1. The molecule has 0 spiro atoms. The molecule has 0 atom stereocenters. The minimum atomic E-state index is -0.266. The number of para-hydroxylation sites is 2. The fourth-order valence-corrected chi connectivity index (χ4v) is 2.67. The number of carbonyl (C=O) groups excluding carboxylic acids is 1. The maximum Gasteiger partial charge on any atom is 0.262 e. The summed E-state index contributed by atoms with van der Waals surface area (Å²) in [6, 6.07) is 12.5. The molecule has 0 aliphatic heterocycles. The van der Waals surface area contributed by atoms with Gasteiger partial charge < -0.3 is 14.8 Å². The lowest BCUT2D eigenvalue weighted by Gasteiger charge is -2.14. The van der Waals surface area contributed by atoms with Gasteiger partial charge in [-0.25, -0.2) is 0 Å². The Morgan fingerprint density at radius 1 is 1.17 bits per heavy atom. The molecular weight excluding hydrogens is 394 g/mol. The minimum Gasteiger partial charge on any atom is -0.491 e. The van der Waals surface area contributed by atoms with Crippen LogP contribution in [0.2, 0.25) is 5.02 Å². The van der Waals surface area contributed by atoms with Crippen LogP contribution in [-0.4, -0.2) is 19.1 Å². The molecule has 0 bridgehead atoms. The summed E-state index contributed by atoms with van der Waals surface area (Å²) in [5.74, 6) is 1.34. The van der Waals surface area contributed by atoms with Crippen LogP contribution in [0.3, 0.4) is 0 Å². The van der Waals surface area contributed by atoms with Crippen LogP contribution in [0, 0.1) is 5.92 Å². The Morgan fingerprint density at radius 2 is 1.92 bits per heavy atom. The summed E-state index contributed by atoms with van der Waals surface area (Å²) in [7, 11) is 0. The van der Waals surface area contributed by atoms with Gasteiger partial charge in [-0.2, -0.15) is 0 Å². The predicted octanol–water partition coefficient (Wildman–Crippen LogP) is 5.15. The van der Waals surface area contributed by atoms with Gasteiger partial charge in [0.25, 0.3) is 5.91 Å². The molecule has 2 rings (SSSR count). The van der Waals surface area contributed by atoms with E-state index in [1.165, 1.54) is 0 Å². The zero-order valence-electron chi connectivity index (χ0n) is 13.5. The summed E-state index contributed by atoms with van der Waals surface area (Å²) in [5.41, 5.74) is 0.627. The Kier molecular flexibility index (Phi) is 6.94. The smallest absolute Gasteiger partial charge is 0.262 e. The average Bonchev–Trinajstić information content (AvgIpc) is 2.53. The van der Waals surface area contributed by atoms with Crippen molar-refractivity contribution in [3.8, 4) is 11.5 Å². The van der Waals surface area contributed by atoms with Crippen molar-refractivity contribution in [2.24, 2.45) is 5.92 Å². The summed E-state index contributed by atoms with van der Waals surface area (Å²) < 4.78 is 11.9. The number of hydrogen-bond acceptors (Lipinski definition) is 3. The molecule has 1 N–H and O–H groups in total. The highest BCUT2D eigenvalue weighted by Gasteiger charge is 2.10. The summed E-state index contributed by atoms with van der Waals surface area (Å²) in [5, 5.41) is 3.40. The summed E-state index contributed by atoms with van der Waals surface area (Å²) in [4.78, 5) is 12.1. The summed E-state index contributed by atoms with van der Waals surface area (Å²) in [6.45, 7) is 4.61. The maximum atomic E-state index is 12.1. The van der Waals surface area contributed by atoms with E-state index in [1.807, 2.05) is 18.2 Å². The van der Waals surface area contributed by atoms with Gasteiger partial charge in [0.1, 0.15) is 11.5 Å². The molecule has 0 saturated heterocycles. The van der Waals surface area contributed by atoms with E-state index in [0.29, 0.717) is 39.2 Å². The maximum absolute atomic E-state index is 12.1. The first-order valence-electron chi connectivity index (χ1n) is 7.55. The quantitative estimate of drug-likeness (QED) is 0.684. The number of benzene rings is 2. The third kappa shape index (κ3) is 5.73. The van der Waals surface area contributed by atoms with Gasteiger partial charge in [0, 0.05) is 5.02 Å². The van der Waals surface area contributed by atoms with E-state index in [4.69, 9.17) is 21.1 Å². The van der Waals surface area contributed by atoms with E-state index >= 15 is 0 Å². The molecule has 6 heteroatoms. The van der Waals surface area contributed by atoms with Gasteiger partial charge in [0.15, 0.2) is 6.61 Å². The van der Waals surface area contributed by atoms with Crippen LogP contribution in [0.1, 0.15) is 13.8 Å². The van der Waals surface area contributed by atoms with Crippen LogP contribution < -0.4 is 14.8 Å². The molecule has 0 heterocycles. The molecule has 128 valence electrons. The number of anilines is 1. The van der Waals surface area contributed by atoms with Crippen LogP contribution in [-0.2, 0) is 4.79 Å². The number of ether oxygens (including phenoxy) is 2. The Hall–Kier alpha value is -1.72. The molecule has 0 radical (unpaired) electrons. The van der Waals surface area contributed by atoms with Gasteiger partial charge in [0.2, 0.25) is 0 Å². The highest BCUT2D eigenvalue weighted by Crippen LogP contribution is 2.28. The lowest BCUT2D eigenvalue weighted by molar-refractivity contribution is -0.118. The van der Waals surface area contributed by atoms with Crippen LogP contribution in [0.5, 0.6) is 11.5 Å². The van der Waals surface area contributed by atoms with Crippen LogP contribution in [0.25, 0.3) is 0 Å². The standard InChI is InChI=1S/C18H19BrClNO3/c1-12(2)10-23-17-6-4-3-5-15(17)21-18(22)11-24-16-8-7-13(20)9-14(16)19/h3-9,12H,10-11H2,1-2H3,(H,21,22). The zero-order chi connectivity index (χ0) is 17.5. The van der Waals surface area contributed by atoms with Crippen LogP contribution in [0.4, 0.5) is 5.69 Å². The van der Waals surface area contributed by atoms with Crippen molar-refractivity contribution in [2.75, 3.05) is 18.5 Å². The first-order chi connectivity index (χ1) is 11.5. The highest BCUT2D eigenvalue weighted by molar-refractivity contribution is 9.10. The van der Waals surface area contributed by atoms with Gasteiger partial charge in [-0.3, -0.25) is 4.79 Å². The Balaban J connectivity index is 1.95. The number of carbonyl (C=O) groups is 1. The van der Waals surface area contributed by atoms with Crippen molar-refractivity contribution < 1.29 is 14.3 Å². The lowest BCUT2D eigenvalue weighted by Crippen LogP contribution is -2.21. The molecule has 0 aromatic heterocycles. The summed E-state index contributed by atoms with van der Waals surface area (Å²) >= 11 is 9.23. The zero-order valence-corrected chi connectivity index (χ0v) is 15.9. The average molecular weight is 413 g/mol. The SMILES string of the molecule is CC(C)COc1ccccc1NC(=O)COc1ccc(Cl)cc1Br. The Bertz CT molecular complexity index is 706. The molecule has 24 heavy (non-hydrogen) atoms. The molecule has 4 nitrogen and oxygen atoms in total. The Morgan fingerprint density at radius 3 is 2.62 bits per heavy atom. The predicted molar refractivity (Wildman–Crippen MR) is 100 cm³/mol. The normalized spacial score (nSPS) is 10.5. The van der Waals surface area contributed by atoms with Crippen molar-refractivity contribution >= 4 is 39.1 Å². The number of amides is 1. The fraction of sp³-hybridized carbons (Fsp3) is 0.278. The van der Waals surface area contributed by atoms with E-state index in [1.54, 1.807) is 24.3 Å². The topological polar surface area (TPSA) is 47.6 Å². The summed E-state index contributed by atoms with van der Waals surface area (Å²) in [6.07, 6.45) is 0. The van der Waals surface area contributed by atoms with Gasteiger partial charge in [-0.05, 0) is 52.2 Å². The van der Waals surface area contributed by atoms with Crippen molar-refractivity contribution in [1.29, 1.82) is 0 Å². The van der Waals surface area contributed by atoms with Gasteiger partial charge in [-0.1, -0.05) is 37.6 Å². The molecule has 0 saturated carbocycles. The molecular formula is C18H19BrClNO3. The minimum absolute atomic E-state index is 0.112. The second kappa shape index (κ2) is 8.94. The van der Waals surface area contributed by atoms with Crippen molar-refractivity contribution in [3.63, 3.8) is 0 Å². The van der Waals surface area contributed by atoms with Crippen molar-refractivity contribution in [2.45, 2.75) is 13.8 Å². The fourth-order valence-electron chi connectivity index (χ4n) is 1.87. The third-order valence-corrected chi connectivity index (χ3v) is 3.84. The van der Waals surface area contributed by atoms with E-state index in [2.05, 4.69) is 35.1 Å². The molecule has 0 unspecified atom stereocenters.